The molecule has 0 aliphatic rings. The van der Waals surface area contributed by atoms with Crippen molar-refractivity contribution in [2.75, 3.05) is 39.3 Å². The van der Waals surface area contributed by atoms with Gasteiger partial charge in [-0.1, -0.05) is 0 Å². The van der Waals surface area contributed by atoms with Crippen LogP contribution in [0.1, 0.15) is 25.7 Å². The van der Waals surface area contributed by atoms with Gasteiger partial charge in [0.25, 0.3) is 5.78 Å². The van der Waals surface area contributed by atoms with Gasteiger partial charge in [-0.05, 0) is 38.9 Å². The molecule has 2 amide bonds. The number of rotatable bonds is 17. The summed E-state index contributed by atoms with van der Waals surface area (Å²) in [4.78, 5) is 65.1. The summed E-state index contributed by atoms with van der Waals surface area (Å²) < 4.78 is 0. The summed E-state index contributed by atoms with van der Waals surface area (Å²) in [6, 6.07) is 0. The van der Waals surface area contributed by atoms with Crippen LogP contribution in [0.25, 0.3) is 0 Å². The van der Waals surface area contributed by atoms with E-state index in [1.54, 1.807) is 5.32 Å². The Hall–Kier alpha value is -2.70. The number of amides is 2. The van der Waals surface area contributed by atoms with Crippen molar-refractivity contribution in [2.24, 2.45) is 0 Å². The van der Waals surface area contributed by atoms with E-state index in [9.17, 15) is 28.8 Å². The normalized spacial score (nSPS) is 10.3. The summed E-state index contributed by atoms with van der Waals surface area (Å²) in [6.45, 7) is 3.11. The lowest BCUT2D eigenvalue weighted by Crippen LogP contribution is -2.44. The van der Waals surface area contributed by atoms with E-state index in [1.165, 1.54) is 0 Å². The maximum absolute atomic E-state index is 11.4. The highest BCUT2D eigenvalue weighted by atomic mass is 16.4. The predicted octanol–water partition coefficient (Wildman–Crippen LogP) is -2.73. The van der Waals surface area contributed by atoms with Crippen molar-refractivity contribution in [3.05, 3.63) is 0 Å². The van der Waals surface area contributed by atoms with Gasteiger partial charge in [-0.15, -0.1) is 0 Å². The SMILES string of the molecule is O=C(O)CCCNCCNCCCCNCC(=O)NC(=O)C(=O)C(=O)C(=O)O. The zero-order valence-corrected chi connectivity index (χ0v) is 15.4. The number of hydrogen-bond acceptors (Lipinski definition) is 9. The van der Waals surface area contributed by atoms with Crippen LogP contribution in [-0.4, -0.2) is 84.8 Å². The lowest BCUT2D eigenvalue weighted by Gasteiger charge is -2.07. The Balaban J connectivity index is 3.53. The van der Waals surface area contributed by atoms with Crippen molar-refractivity contribution in [1.29, 1.82) is 0 Å². The number of ketones is 2. The number of carbonyl (C=O) groups excluding carboxylic acids is 4. The van der Waals surface area contributed by atoms with Gasteiger partial charge in [0.05, 0.1) is 6.54 Å². The summed E-state index contributed by atoms with van der Waals surface area (Å²) in [5.41, 5.74) is 0. The molecular weight excluding hydrogens is 376 g/mol. The molecule has 0 unspecified atom stereocenters. The third-order valence-corrected chi connectivity index (χ3v) is 3.33. The number of Topliss-reactive ketones (excluding diaryl/α,β-unsaturated/α-hetero) is 2. The maximum atomic E-state index is 11.4. The Bertz CT molecular complexity index is 579. The van der Waals surface area contributed by atoms with Crippen molar-refractivity contribution >= 4 is 35.3 Å². The molecule has 28 heavy (non-hydrogen) atoms. The molecule has 0 aliphatic heterocycles. The maximum Gasteiger partial charge on any atom is 0.381 e. The molecule has 0 fully saturated rings. The van der Waals surface area contributed by atoms with Gasteiger partial charge in [0.2, 0.25) is 5.91 Å². The van der Waals surface area contributed by atoms with E-state index in [0.29, 0.717) is 19.5 Å². The fourth-order valence-electron chi connectivity index (χ4n) is 1.92. The van der Waals surface area contributed by atoms with Crippen LogP contribution >= 0.6 is 0 Å². The number of carboxylic acids is 2. The summed E-state index contributed by atoms with van der Waals surface area (Å²) in [5, 5.41) is 27.5. The molecule has 0 aromatic rings. The van der Waals surface area contributed by atoms with E-state index in [1.807, 2.05) is 0 Å². The van der Waals surface area contributed by atoms with Crippen LogP contribution in [0.3, 0.4) is 0 Å². The Kier molecular flexibility index (Phi) is 13.9. The van der Waals surface area contributed by atoms with Crippen LogP contribution < -0.4 is 21.3 Å². The Labute approximate surface area is 161 Å². The largest absolute Gasteiger partial charge is 0.481 e. The third kappa shape index (κ3) is 13.5. The topological polar surface area (TPSA) is 191 Å². The Morgan fingerprint density at radius 3 is 1.71 bits per heavy atom. The molecule has 0 rings (SSSR count). The zero-order valence-electron chi connectivity index (χ0n) is 15.4. The predicted molar refractivity (Wildman–Crippen MR) is 95.5 cm³/mol. The van der Waals surface area contributed by atoms with Gasteiger partial charge in [-0.3, -0.25) is 29.3 Å². The average Bonchev–Trinajstić information content (AvgIpc) is 2.63. The minimum Gasteiger partial charge on any atom is -0.481 e. The van der Waals surface area contributed by atoms with E-state index < -0.39 is 35.3 Å². The fourth-order valence-corrected chi connectivity index (χ4v) is 1.92. The molecule has 0 spiro atoms. The number of carboxylic acid groups (broad SMARTS) is 2. The van der Waals surface area contributed by atoms with E-state index in [4.69, 9.17) is 10.2 Å². The van der Waals surface area contributed by atoms with Crippen molar-refractivity contribution in [3.8, 4) is 0 Å². The molecule has 12 nitrogen and oxygen atoms in total. The van der Waals surface area contributed by atoms with Gasteiger partial charge in [0.15, 0.2) is 0 Å². The second-order valence-corrected chi connectivity index (χ2v) is 5.72. The summed E-state index contributed by atoms with van der Waals surface area (Å²) in [5.74, 6) is -8.99. The van der Waals surface area contributed by atoms with Gasteiger partial charge in [-0.25, -0.2) is 4.79 Å². The highest BCUT2D eigenvalue weighted by Crippen LogP contribution is 1.86. The van der Waals surface area contributed by atoms with Crippen LogP contribution in [0.4, 0.5) is 0 Å². The van der Waals surface area contributed by atoms with E-state index in [2.05, 4.69) is 16.0 Å². The molecule has 0 heterocycles. The number of hydrogen-bond donors (Lipinski definition) is 6. The third-order valence-electron chi connectivity index (χ3n) is 3.33. The number of imide groups is 1. The highest BCUT2D eigenvalue weighted by molar-refractivity contribution is 6.77. The van der Waals surface area contributed by atoms with E-state index in [-0.39, 0.29) is 13.0 Å². The van der Waals surface area contributed by atoms with Crippen molar-refractivity contribution in [2.45, 2.75) is 25.7 Å². The summed E-state index contributed by atoms with van der Waals surface area (Å²) >= 11 is 0. The molecule has 0 bridgehead atoms. The Morgan fingerprint density at radius 2 is 1.18 bits per heavy atom. The Morgan fingerprint density at radius 1 is 0.643 bits per heavy atom. The van der Waals surface area contributed by atoms with Gasteiger partial charge in [-0.2, -0.15) is 0 Å². The van der Waals surface area contributed by atoms with Crippen LogP contribution in [-0.2, 0) is 28.8 Å². The lowest BCUT2D eigenvalue weighted by molar-refractivity contribution is -0.155. The van der Waals surface area contributed by atoms with Gasteiger partial charge < -0.3 is 26.2 Å². The molecule has 0 aromatic heterocycles. The molecule has 0 saturated heterocycles. The first kappa shape index (κ1) is 25.3. The van der Waals surface area contributed by atoms with E-state index in [0.717, 1.165) is 32.5 Å². The molecule has 0 aliphatic carbocycles. The minimum absolute atomic E-state index is 0.149. The molecular formula is C16H26N4O8. The summed E-state index contributed by atoms with van der Waals surface area (Å²) in [6.07, 6.45) is 2.31. The minimum atomic E-state index is -2.06. The number of nitrogens with one attached hydrogen (secondary N) is 4. The van der Waals surface area contributed by atoms with Crippen LogP contribution in [0.15, 0.2) is 0 Å². The zero-order chi connectivity index (χ0) is 21.4. The monoisotopic (exact) mass is 402 g/mol. The van der Waals surface area contributed by atoms with E-state index >= 15 is 0 Å². The average molecular weight is 402 g/mol. The molecule has 0 radical (unpaired) electrons. The van der Waals surface area contributed by atoms with Gasteiger partial charge in [0, 0.05) is 19.5 Å². The smallest absolute Gasteiger partial charge is 0.381 e. The molecule has 12 heteroatoms. The van der Waals surface area contributed by atoms with Crippen molar-refractivity contribution in [3.63, 3.8) is 0 Å². The van der Waals surface area contributed by atoms with Crippen LogP contribution in [0.2, 0.25) is 0 Å². The molecule has 0 atom stereocenters. The standard InChI is InChI=1S/C16H26N4O8/c21-11(20-15(26)13(24)14(25)16(27)28)10-19-6-2-1-5-17-8-9-18-7-3-4-12(22)23/h17-19H,1-10H2,(H,22,23)(H,27,28)(H,20,21,26). The van der Waals surface area contributed by atoms with Gasteiger partial charge >= 0.3 is 23.6 Å². The molecule has 0 saturated carbocycles. The first-order valence-corrected chi connectivity index (χ1v) is 8.75. The number of unbranched alkanes of at least 4 members (excludes halogenated alkanes) is 1. The lowest BCUT2D eigenvalue weighted by atomic mass is 10.2. The molecule has 0 aromatic carbocycles. The first-order valence-electron chi connectivity index (χ1n) is 8.75. The number of aliphatic carboxylic acids is 2. The molecule has 6 N–H and O–H groups in total. The quantitative estimate of drug-likeness (QED) is 0.0840. The highest BCUT2D eigenvalue weighted by Gasteiger charge is 2.29. The second-order valence-electron chi connectivity index (χ2n) is 5.72. The fraction of sp³-hybridized carbons (Fsp3) is 0.625. The van der Waals surface area contributed by atoms with Crippen LogP contribution in [0, 0.1) is 0 Å². The van der Waals surface area contributed by atoms with Crippen molar-refractivity contribution < 1.29 is 39.0 Å². The van der Waals surface area contributed by atoms with Gasteiger partial charge in [0.1, 0.15) is 0 Å². The van der Waals surface area contributed by atoms with Crippen molar-refractivity contribution in [1.82, 2.24) is 21.3 Å². The molecule has 158 valence electrons. The van der Waals surface area contributed by atoms with Crippen LogP contribution in [0.5, 0.6) is 0 Å². The first-order chi connectivity index (χ1) is 13.3. The second kappa shape index (κ2) is 15.4. The summed E-state index contributed by atoms with van der Waals surface area (Å²) in [7, 11) is 0. The number of carbonyl (C=O) groups is 6.